The molecule has 0 aliphatic heterocycles. The average Bonchev–Trinajstić information content (AvgIpc) is 3.42. The number of amides is 1. The Balaban J connectivity index is 1.38. The number of furan rings is 1. The molecule has 1 amide bonds. The Morgan fingerprint density at radius 2 is 2.03 bits per heavy atom. The first-order chi connectivity index (χ1) is 14.2. The van der Waals surface area contributed by atoms with Crippen LogP contribution in [0.5, 0.6) is 0 Å². The molecule has 1 aliphatic rings. The van der Waals surface area contributed by atoms with Crippen LogP contribution < -0.4 is 5.32 Å². The fraction of sp³-hybridized carbons (Fsp3) is 0.391. The number of nitrogens with zero attached hydrogens (tertiary/aromatic N) is 2. The predicted molar refractivity (Wildman–Crippen MR) is 117 cm³/mol. The van der Waals surface area contributed by atoms with Gasteiger partial charge in [0.25, 0.3) is 0 Å². The molecule has 29 heavy (non-hydrogen) atoms. The molecule has 0 saturated heterocycles. The Hall–Kier alpha value is -2.44. The van der Waals surface area contributed by atoms with Gasteiger partial charge in [0.1, 0.15) is 0 Å². The summed E-state index contributed by atoms with van der Waals surface area (Å²) in [6.45, 7) is 0.848. The monoisotopic (exact) mass is 409 g/mol. The Morgan fingerprint density at radius 3 is 2.83 bits per heavy atom. The Bertz CT molecular complexity index is 929. The summed E-state index contributed by atoms with van der Waals surface area (Å²) in [6.07, 6.45) is 8.42. The van der Waals surface area contributed by atoms with Gasteiger partial charge in [-0.15, -0.1) is 11.3 Å². The van der Waals surface area contributed by atoms with E-state index in [0.29, 0.717) is 6.04 Å². The molecule has 0 atom stereocenters. The van der Waals surface area contributed by atoms with Gasteiger partial charge in [0, 0.05) is 23.7 Å². The van der Waals surface area contributed by atoms with Crippen molar-refractivity contribution < 1.29 is 9.21 Å². The number of carbonyl (C=O) groups excluding carboxylic acids is 1. The van der Waals surface area contributed by atoms with Gasteiger partial charge in [-0.05, 0) is 43.7 Å². The zero-order valence-electron chi connectivity index (χ0n) is 16.8. The van der Waals surface area contributed by atoms with E-state index in [1.165, 1.54) is 43.4 Å². The molecule has 2 aromatic heterocycles. The standard InChI is InChI=1S/C23H27N3O2S/c1-26(19-9-3-2-4-10-19)15-17-8-5-6-11-20(17)25-22(27)14-18-16-29-23(24-18)21-12-7-13-28-21/h5-8,11-13,16,19H,2-4,9-10,14-15H2,1H3,(H,25,27). The van der Waals surface area contributed by atoms with Gasteiger partial charge in [-0.1, -0.05) is 37.5 Å². The first kappa shape index (κ1) is 19.9. The Kier molecular flexibility index (Phi) is 6.42. The summed E-state index contributed by atoms with van der Waals surface area (Å²) in [5.41, 5.74) is 2.81. The van der Waals surface area contributed by atoms with E-state index in [-0.39, 0.29) is 12.3 Å². The molecule has 4 rings (SSSR count). The van der Waals surface area contributed by atoms with Gasteiger partial charge < -0.3 is 9.73 Å². The van der Waals surface area contributed by atoms with Crippen LogP contribution in [0.4, 0.5) is 5.69 Å². The van der Waals surface area contributed by atoms with E-state index < -0.39 is 0 Å². The molecule has 0 unspecified atom stereocenters. The highest BCUT2D eigenvalue weighted by atomic mass is 32.1. The summed E-state index contributed by atoms with van der Waals surface area (Å²) in [6, 6.07) is 12.5. The number of benzene rings is 1. The minimum absolute atomic E-state index is 0.0472. The van der Waals surface area contributed by atoms with E-state index in [4.69, 9.17) is 4.42 Å². The van der Waals surface area contributed by atoms with Crippen LogP contribution in [0.3, 0.4) is 0 Å². The van der Waals surface area contributed by atoms with Crippen molar-refractivity contribution in [3.05, 3.63) is 59.3 Å². The van der Waals surface area contributed by atoms with Crippen LogP contribution in [-0.2, 0) is 17.8 Å². The van der Waals surface area contributed by atoms with Crippen molar-refractivity contribution in [1.82, 2.24) is 9.88 Å². The zero-order chi connectivity index (χ0) is 20.1. The highest BCUT2D eigenvalue weighted by Gasteiger charge is 2.19. The molecule has 2 heterocycles. The number of hydrogen-bond acceptors (Lipinski definition) is 5. The molecule has 0 radical (unpaired) electrons. The first-order valence-electron chi connectivity index (χ1n) is 10.3. The Morgan fingerprint density at radius 1 is 1.21 bits per heavy atom. The number of carbonyl (C=O) groups is 1. The van der Waals surface area contributed by atoms with Crippen LogP contribution in [0, 0.1) is 0 Å². The molecule has 1 saturated carbocycles. The van der Waals surface area contributed by atoms with E-state index in [9.17, 15) is 4.79 Å². The lowest BCUT2D eigenvalue weighted by Crippen LogP contribution is -2.33. The van der Waals surface area contributed by atoms with Crippen molar-refractivity contribution in [1.29, 1.82) is 0 Å². The van der Waals surface area contributed by atoms with Crippen LogP contribution in [0.1, 0.15) is 43.4 Å². The van der Waals surface area contributed by atoms with Gasteiger partial charge in [-0.3, -0.25) is 9.69 Å². The number of thiazole rings is 1. The summed E-state index contributed by atoms with van der Waals surface area (Å²) in [5, 5.41) is 5.80. The first-order valence-corrected chi connectivity index (χ1v) is 11.1. The van der Waals surface area contributed by atoms with Crippen molar-refractivity contribution in [2.45, 2.75) is 51.1 Å². The van der Waals surface area contributed by atoms with Crippen LogP contribution in [0.15, 0.2) is 52.5 Å². The Labute approximate surface area is 175 Å². The minimum Gasteiger partial charge on any atom is -0.462 e. The van der Waals surface area contributed by atoms with Crippen molar-refractivity contribution in [3.8, 4) is 10.8 Å². The molecule has 6 heteroatoms. The molecule has 0 bridgehead atoms. The van der Waals surface area contributed by atoms with E-state index in [2.05, 4.69) is 28.3 Å². The lowest BCUT2D eigenvalue weighted by atomic mass is 9.94. The van der Waals surface area contributed by atoms with E-state index >= 15 is 0 Å². The van der Waals surface area contributed by atoms with Gasteiger partial charge in [-0.2, -0.15) is 0 Å². The largest absolute Gasteiger partial charge is 0.462 e. The van der Waals surface area contributed by atoms with E-state index in [1.54, 1.807) is 6.26 Å². The zero-order valence-corrected chi connectivity index (χ0v) is 17.6. The van der Waals surface area contributed by atoms with E-state index in [0.717, 1.165) is 34.3 Å². The lowest BCUT2D eigenvalue weighted by molar-refractivity contribution is -0.115. The second-order valence-corrected chi connectivity index (χ2v) is 8.57. The van der Waals surface area contributed by atoms with Crippen molar-refractivity contribution in [3.63, 3.8) is 0 Å². The van der Waals surface area contributed by atoms with Gasteiger partial charge >= 0.3 is 0 Å². The fourth-order valence-electron chi connectivity index (χ4n) is 3.96. The number of aromatic nitrogens is 1. The normalized spacial score (nSPS) is 15.0. The molecule has 1 fully saturated rings. The number of hydrogen-bond donors (Lipinski definition) is 1. The number of anilines is 1. The lowest BCUT2D eigenvalue weighted by Gasteiger charge is -2.31. The molecule has 152 valence electrons. The maximum absolute atomic E-state index is 12.6. The van der Waals surface area contributed by atoms with Crippen molar-refractivity contribution >= 4 is 22.9 Å². The molecule has 1 aromatic carbocycles. The second kappa shape index (κ2) is 9.37. The smallest absolute Gasteiger partial charge is 0.230 e. The topological polar surface area (TPSA) is 58.4 Å². The third-order valence-electron chi connectivity index (χ3n) is 5.53. The molecule has 1 aliphatic carbocycles. The number of para-hydroxylation sites is 1. The highest BCUT2D eigenvalue weighted by Crippen LogP contribution is 2.26. The van der Waals surface area contributed by atoms with Crippen LogP contribution in [0.25, 0.3) is 10.8 Å². The molecule has 1 N–H and O–H groups in total. The van der Waals surface area contributed by atoms with Crippen molar-refractivity contribution in [2.75, 3.05) is 12.4 Å². The van der Waals surface area contributed by atoms with Gasteiger partial charge in [0.2, 0.25) is 5.91 Å². The van der Waals surface area contributed by atoms with Crippen LogP contribution in [0.2, 0.25) is 0 Å². The maximum Gasteiger partial charge on any atom is 0.230 e. The second-order valence-electron chi connectivity index (χ2n) is 7.71. The average molecular weight is 410 g/mol. The molecule has 3 aromatic rings. The van der Waals surface area contributed by atoms with Gasteiger partial charge in [-0.25, -0.2) is 4.98 Å². The quantitative estimate of drug-likeness (QED) is 0.571. The summed E-state index contributed by atoms with van der Waals surface area (Å²) in [4.78, 5) is 19.6. The molecular formula is C23H27N3O2S. The van der Waals surface area contributed by atoms with Crippen molar-refractivity contribution in [2.24, 2.45) is 0 Å². The summed E-state index contributed by atoms with van der Waals surface area (Å²) in [5.74, 6) is 0.687. The van der Waals surface area contributed by atoms with Crippen LogP contribution >= 0.6 is 11.3 Å². The summed E-state index contributed by atoms with van der Waals surface area (Å²) >= 11 is 1.49. The number of nitrogens with one attached hydrogen (secondary N) is 1. The minimum atomic E-state index is -0.0472. The highest BCUT2D eigenvalue weighted by molar-refractivity contribution is 7.13. The molecular weight excluding hydrogens is 382 g/mol. The molecule has 0 spiro atoms. The van der Waals surface area contributed by atoms with Crippen LogP contribution in [-0.4, -0.2) is 28.9 Å². The van der Waals surface area contributed by atoms with E-state index in [1.807, 2.05) is 35.7 Å². The fourth-order valence-corrected chi connectivity index (χ4v) is 4.75. The summed E-state index contributed by atoms with van der Waals surface area (Å²) < 4.78 is 5.38. The van der Waals surface area contributed by atoms with Gasteiger partial charge in [0.05, 0.1) is 18.4 Å². The summed E-state index contributed by atoms with van der Waals surface area (Å²) in [7, 11) is 2.19. The van der Waals surface area contributed by atoms with Gasteiger partial charge in [0.15, 0.2) is 10.8 Å². The molecule has 5 nitrogen and oxygen atoms in total. The predicted octanol–water partition coefficient (Wildman–Crippen LogP) is 5.35. The third-order valence-corrected chi connectivity index (χ3v) is 6.44. The number of rotatable bonds is 7. The maximum atomic E-state index is 12.6. The third kappa shape index (κ3) is 5.14. The SMILES string of the molecule is CN(Cc1ccccc1NC(=O)Cc1csc(-c2ccco2)n1)C1CCCCC1.